The molecule has 3 rings (SSSR count). The number of rotatable bonds is 2. The van der Waals surface area contributed by atoms with Gasteiger partial charge in [-0.2, -0.15) is 0 Å². The Morgan fingerprint density at radius 2 is 1.75 bits per heavy atom. The minimum Gasteiger partial charge on any atom is -0.300 e. The Labute approximate surface area is 115 Å². The van der Waals surface area contributed by atoms with Gasteiger partial charge in [0.1, 0.15) is 0 Å². The molecule has 0 radical (unpaired) electrons. The Bertz CT molecular complexity index is 900. The van der Waals surface area contributed by atoms with Crippen LogP contribution >= 0.6 is 0 Å². The number of benzene rings is 2. The highest BCUT2D eigenvalue weighted by atomic mass is 32.2. The van der Waals surface area contributed by atoms with Gasteiger partial charge in [0.05, 0.1) is 0 Å². The van der Waals surface area contributed by atoms with Gasteiger partial charge in [0.15, 0.2) is 5.82 Å². The van der Waals surface area contributed by atoms with Crippen LogP contribution in [-0.4, -0.2) is 23.2 Å². The summed E-state index contributed by atoms with van der Waals surface area (Å²) in [6.45, 7) is 0. The van der Waals surface area contributed by atoms with Crippen LogP contribution in [-0.2, 0) is 17.1 Å². The second-order valence-corrected chi connectivity index (χ2v) is 5.93. The third kappa shape index (κ3) is 2.06. The smallest absolute Gasteiger partial charge is 0.273 e. The van der Waals surface area contributed by atoms with Gasteiger partial charge in [0.2, 0.25) is 0 Å². The van der Waals surface area contributed by atoms with Crippen LogP contribution < -0.4 is 5.14 Å². The first-order valence-electron chi connectivity index (χ1n) is 5.88. The molecule has 0 aliphatic rings. The van der Waals surface area contributed by atoms with Crippen molar-refractivity contribution in [3.05, 3.63) is 42.5 Å². The van der Waals surface area contributed by atoms with Gasteiger partial charge in [0, 0.05) is 12.6 Å². The standard InChI is InChI=1S/C13H12N4O2S/c1-17-12(15-16-13(17)20(14,18)19)11-7-6-9-4-2-3-5-10(9)8-11/h2-8H,1H3,(H2,14,18,19). The number of fused-ring (bicyclic) bond motifs is 1. The van der Waals surface area contributed by atoms with E-state index >= 15 is 0 Å². The van der Waals surface area contributed by atoms with Crippen LogP contribution in [0.3, 0.4) is 0 Å². The zero-order chi connectivity index (χ0) is 14.3. The molecule has 0 atom stereocenters. The molecule has 3 aromatic rings. The molecule has 0 saturated carbocycles. The quantitative estimate of drug-likeness (QED) is 0.769. The van der Waals surface area contributed by atoms with Crippen LogP contribution in [0, 0.1) is 0 Å². The topological polar surface area (TPSA) is 90.9 Å². The molecule has 0 saturated heterocycles. The first kappa shape index (κ1) is 12.8. The average molecular weight is 288 g/mol. The molecule has 0 bridgehead atoms. The van der Waals surface area contributed by atoms with Crippen LogP contribution in [0.2, 0.25) is 0 Å². The van der Waals surface area contributed by atoms with Crippen molar-refractivity contribution in [1.82, 2.24) is 14.8 Å². The molecule has 0 unspecified atom stereocenters. The number of nitrogens with zero attached hydrogens (tertiary/aromatic N) is 3. The fourth-order valence-electron chi connectivity index (χ4n) is 2.14. The van der Waals surface area contributed by atoms with E-state index in [1.165, 1.54) is 4.57 Å². The predicted molar refractivity (Wildman–Crippen MR) is 75.3 cm³/mol. The van der Waals surface area contributed by atoms with Crippen LogP contribution in [0.15, 0.2) is 47.6 Å². The first-order valence-corrected chi connectivity index (χ1v) is 7.43. The van der Waals surface area contributed by atoms with E-state index in [-0.39, 0.29) is 5.16 Å². The van der Waals surface area contributed by atoms with E-state index in [2.05, 4.69) is 10.2 Å². The van der Waals surface area contributed by atoms with Crippen molar-refractivity contribution in [3.63, 3.8) is 0 Å². The van der Waals surface area contributed by atoms with E-state index in [4.69, 9.17) is 5.14 Å². The third-order valence-electron chi connectivity index (χ3n) is 3.10. The van der Waals surface area contributed by atoms with Gasteiger partial charge in [-0.25, -0.2) is 13.6 Å². The summed E-state index contributed by atoms with van der Waals surface area (Å²) < 4.78 is 24.1. The summed E-state index contributed by atoms with van der Waals surface area (Å²) in [6, 6.07) is 13.7. The van der Waals surface area contributed by atoms with Crippen molar-refractivity contribution in [2.75, 3.05) is 0 Å². The minimum absolute atomic E-state index is 0.249. The van der Waals surface area contributed by atoms with Crippen molar-refractivity contribution in [3.8, 4) is 11.4 Å². The molecule has 0 spiro atoms. The second-order valence-electron chi connectivity index (χ2n) is 4.47. The molecular formula is C13H12N4O2S. The molecule has 1 aromatic heterocycles. The van der Waals surface area contributed by atoms with Gasteiger partial charge in [-0.3, -0.25) is 4.57 Å². The Hall–Kier alpha value is -2.25. The molecule has 6 nitrogen and oxygen atoms in total. The number of hydrogen-bond acceptors (Lipinski definition) is 4. The van der Waals surface area contributed by atoms with Crippen LogP contribution in [0.4, 0.5) is 0 Å². The molecule has 20 heavy (non-hydrogen) atoms. The highest BCUT2D eigenvalue weighted by molar-refractivity contribution is 7.89. The SMILES string of the molecule is Cn1c(-c2ccc3ccccc3c2)nnc1S(N)(=O)=O. The van der Waals surface area contributed by atoms with Crippen molar-refractivity contribution in [2.24, 2.45) is 12.2 Å². The summed E-state index contributed by atoms with van der Waals surface area (Å²) in [7, 11) is -2.30. The Kier molecular flexibility index (Phi) is 2.81. The molecular weight excluding hydrogens is 276 g/mol. The molecule has 1 heterocycles. The zero-order valence-corrected chi connectivity index (χ0v) is 11.5. The monoisotopic (exact) mass is 288 g/mol. The van der Waals surface area contributed by atoms with Crippen LogP contribution in [0.5, 0.6) is 0 Å². The molecule has 7 heteroatoms. The van der Waals surface area contributed by atoms with Crippen molar-refractivity contribution in [1.29, 1.82) is 0 Å². The predicted octanol–water partition coefficient (Wildman–Crippen LogP) is 1.28. The van der Waals surface area contributed by atoms with Crippen molar-refractivity contribution >= 4 is 20.8 Å². The number of hydrogen-bond donors (Lipinski definition) is 1. The van der Waals surface area contributed by atoms with Gasteiger partial charge in [-0.05, 0) is 16.8 Å². The minimum atomic E-state index is -3.87. The Morgan fingerprint density at radius 1 is 1.05 bits per heavy atom. The Morgan fingerprint density at radius 3 is 2.40 bits per heavy atom. The molecule has 0 amide bonds. The molecule has 2 N–H and O–H groups in total. The summed E-state index contributed by atoms with van der Waals surface area (Å²) in [6.07, 6.45) is 0. The number of primary sulfonamides is 1. The van der Waals surface area contributed by atoms with Gasteiger partial charge in [-0.15, -0.1) is 10.2 Å². The van der Waals surface area contributed by atoms with E-state index in [9.17, 15) is 8.42 Å². The van der Waals surface area contributed by atoms with E-state index in [1.807, 2.05) is 42.5 Å². The fraction of sp³-hybridized carbons (Fsp3) is 0.0769. The van der Waals surface area contributed by atoms with E-state index in [1.54, 1.807) is 7.05 Å². The third-order valence-corrected chi connectivity index (χ3v) is 3.96. The maximum atomic E-state index is 11.4. The lowest BCUT2D eigenvalue weighted by molar-refractivity contribution is 0.580. The van der Waals surface area contributed by atoms with Crippen LogP contribution in [0.25, 0.3) is 22.2 Å². The van der Waals surface area contributed by atoms with Crippen molar-refractivity contribution < 1.29 is 8.42 Å². The number of sulfonamides is 1. The van der Waals surface area contributed by atoms with Gasteiger partial charge >= 0.3 is 0 Å². The van der Waals surface area contributed by atoms with E-state index < -0.39 is 10.0 Å². The summed E-state index contributed by atoms with van der Waals surface area (Å²) in [5.74, 6) is 0.458. The highest BCUT2D eigenvalue weighted by Crippen LogP contribution is 2.23. The highest BCUT2D eigenvalue weighted by Gasteiger charge is 2.19. The lowest BCUT2D eigenvalue weighted by atomic mass is 10.1. The molecule has 0 aliphatic carbocycles. The molecule has 2 aromatic carbocycles. The number of nitrogens with two attached hydrogens (primary N) is 1. The maximum Gasteiger partial charge on any atom is 0.273 e. The molecule has 0 aliphatic heterocycles. The van der Waals surface area contributed by atoms with Crippen LogP contribution in [0.1, 0.15) is 0 Å². The maximum absolute atomic E-state index is 11.4. The van der Waals surface area contributed by atoms with E-state index in [0.717, 1.165) is 16.3 Å². The van der Waals surface area contributed by atoms with Crippen molar-refractivity contribution in [2.45, 2.75) is 5.16 Å². The largest absolute Gasteiger partial charge is 0.300 e. The average Bonchev–Trinajstić information content (AvgIpc) is 2.80. The Balaban J connectivity index is 2.19. The summed E-state index contributed by atoms with van der Waals surface area (Å²) >= 11 is 0. The summed E-state index contributed by atoms with van der Waals surface area (Å²) in [5, 5.41) is 14.5. The summed E-state index contributed by atoms with van der Waals surface area (Å²) in [5.41, 5.74) is 0.786. The van der Waals surface area contributed by atoms with Gasteiger partial charge in [0.25, 0.3) is 15.2 Å². The second kappa shape index (κ2) is 4.39. The van der Waals surface area contributed by atoms with E-state index in [0.29, 0.717) is 5.82 Å². The molecule has 0 fully saturated rings. The summed E-state index contributed by atoms with van der Waals surface area (Å²) in [4.78, 5) is 0. The first-order chi connectivity index (χ1) is 9.47. The lowest BCUT2D eigenvalue weighted by Crippen LogP contribution is -2.17. The fourth-order valence-corrected chi connectivity index (χ4v) is 2.77. The van der Waals surface area contributed by atoms with Gasteiger partial charge < -0.3 is 0 Å². The lowest BCUT2D eigenvalue weighted by Gasteiger charge is -2.04. The number of aromatic nitrogens is 3. The zero-order valence-electron chi connectivity index (χ0n) is 10.7. The van der Waals surface area contributed by atoms with Gasteiger partial charge in [-0.1, -0.05) is 36.4 Å². The normalized spacial score (nSPS) is 11.9. The molecule has 102 valence electrons.